The molecule has 6 heteroatoms. The van der Waals surface area contributed by atoms with Crippen LogP contribution in [0.4, 0.5) is 0 Å². The lowest BCUT2D eigenvalue weighted by Crippen LogP contribution is -2.34. The minimum atomic E-state index is 0.0189. The van der Waals surface area contributed by atoms with Gasteiger partial charge in [0.25, 0.3) is 0 Å². The summed E-state index contributed by atoms with van der Waals surface area (Å²) >= 11 is 3.36. The normalized spacial score (nSPS) is 13.9. The Labute approximate surface area is 116 Å². The number of rotatable bonds is 6. The summed E-state index contributed by atoms with van der Waals surface area (Å²) in [7, 11) is 0. The summed E-state index contributed by atoms with van der Waals surface area (Å²) in [6.45, 7) is 6.41. The Balaban J connectivity index is 2.59. The fourth-order valence-electron chi connectivity index (χ4n) is 1.61. The zero-order valence-electron chi connectivity index (χ0n) is 10.7. The lowest BCUT2D eigenvalue weighted by molar-refractivity contribution is 0.255. The van der Waals surface area contributed by atoms with Gasteiger partial charge in [-0.25, -0.2) is 0 Å². The maximum absolute atomic E-state index is 8.64. The third-order valence-corrected chi connectivity index (χ3v) is 3.24. The highest BCUT2D eigenvalue weighted by Crippen LogP contribution is 2.10. The average Bonchev–Trinajstić information content (AvgIpc) is 2.39. The summed E-state index contributed by atoms with van der Waals surface area (Å²) < 4.78 is 0.972. The molecule has 0 aromatic carbocycles. The lowest BCUT2D eigenvalue weighted by Gasteiger charge is -2.23. The van der Waals surface area contributed by atoms with Gasteiger partial charge in [0, 0.05) is 29.7 Å². The van der Waals surface area contributed by atoms with Gasteiger partial charge in [0.05, 0.1) is 5.69 Å². The first-order valence-corrected chi connectivity index (χ1v) is 6.66. The molecule has 1 heterocycles. The number of aromatic nitrogens is 1. The highest BCUT2D eigenvalue weighted by Gasteiger charge is 2.13. The van der Waals surface area contributed by atoms with Crippen molar-refractivity contribution in [1.29, 1.82) is 0 Å². The van der Waals surface area contributed by atoms with Crippen molar-refractivity contribution in [1.82, 2.24) is 9.88 Å². The van der Waals surface area contributed by atoms with Gasteiger partial charge in [-0.05, 0) is 34.6 Å². The van der Waals surface area contributed by atoms with Crippen LogP contribution in [-0.2, 0) is 6.54 Å². The van der Waals surface area contributed by atoms with E-state index < -0.39 is 0 Å². The third-order valence-electron chi connectivity index (χ3n) is 2.77. The predicted octanol–water partition coefficient (Wildman–Crippen LogP) is 2.05. The lowest BCUT2D eigenvalue weighted by atomic mass is 10.1. The van der Waals surface area contributed by atoms with Crippen molar-refractivity contribution < 1.29 is 5.21 Å². The van der Waals surface area contributed by atoms with E-state index in [0.29, 0.717) is 0 Å². The van der Waals surface area contributed by atoms with Crippen molar-refractivity contribution in [2.45, 2.75) is 20.4 Å². The van der Waals surface area contributed by atoms with Crippen molar-refractivity contribution in [3.63, 3.8) is 0 Å². The van der Waals surface area contributed by atoms with Crippen LogP contribution in [0.15, 0.2) is 28.0 Å². The number of hydrogen-bond acceptors (Lipinski definition) is 4. The Bertz CT molecular complexity index is 394. The van der Waals surface area contributed by atoms with Gasteiger partial charge in [0.2, 0.25) is 0 Å². The minimum Gasteiger partial charge on any atom is -0.409 e. The largest absolute Gasteiger partial charge is 0.409 e. The molecule has 18 heavy (non-hydrogen) atoms. The fraction of sp³-hybridized carbons (Fsp3) is 0.500. The molecule has 1 rings (SSSR count). The van der Waals surface area contributed by atoms with Crippen molar-refractivity contribution in [3.8, 4) is 0 Å². The van der Waals surface area contributed by atoms with Crippen molar-refractivity contribution in [3.05, 3.63) is 28.5 Å². The molecule has 0 aliphatic heterocycles. The summed E-state index contributed by atoms with van der Waals surface area (Å²) in [5, 5.41) is 11.7. The summed E-state index contributed by atoms with van der Waals surface area (Å²) in [5.74, 6) is 0.280. The molecule has 0 aliphatic rings. The quantitative estimate of drug-likeness (QED) is 0.365. The van der Waals surface area contributed by atoms with Gasteiger partial charge in [-0.15, -0.1) is 0 Å². The zero-order chi connectivity index (χ0) is 13.5. The van der Waals surface area contributed by atoms with Crippen LogP contribution in [0.2, 0.25) is 0 Å². The van der Waals surface area contributed by atoms with Gasteiger partial charge in [0.1, 0.15) is 5.84 Å². The SMILES string of the molecule is CCN(Cc1ccc(Br)cn1)CC(C)/C(N)=N/O. The number of nitrogens with two attached hydrogens (primary N) is 1. The maximum atomic E-state index is 8.64. The van der Waals surface area contributed by atoms with E-state index in [2.05, 4.69) is 37.9 Å². The van der Waals surface area contributed by atoms with E-state index in [1.165, 1.54) is 0 Å². The second-order valence-corrected chi connectivity index (χ2v) is 5.14. The monoisotopic (exact) mass is 314 g/mol. The van der Waals surface area contributed by atoms with E-state index in [0.717, 1.165) is 29.8 Å². The van der Waals surface area contributed by atoms with E-state index in [1.807, 2.05) is 19.1 Å². The molecule has 0 saturated carbocycles. The molecule has 0 aliphatic carbocycles. The Morgan fingerprint density at radius 3 is 2.83 bits per heavy atom. The van der Waals surface area contributed by atoms with Crippen LogP contribution < -0.4 is 5.73 Å². The Morgan fingerprint density at radius 1 is 1.61 bits per heavy atom. The standard InChI is InChI=1S/C12H19BrN4O/c1-3-17(7-9(2)12(14)16-18)8-11-5-4-10(13)6-15-11/h4-6,9,18H,3,7-8H2,1-2H3,(H2,14,16). The van der Waals surface area contributed by atoms with Gasteiger partial charge < -0.3 is 10.9 Å². The molecule has 3 N–H and O–H groups in total. The van der Waals surface area contributed by atoms with Crippen LogP contribution in [0.1, 0.15) is 19.5 Å². The molecule has 0 radical (unpaired) electrons. The van der Waals surface area contributed by atoms with Crippen molar-refractivity contribution in [2.24, 2.45) is 16.8 Å². The predicted molar refractivity (Wildman–Crippen MR) is 75.5 cm³/mol. The van der Waals surface area contributed by atoms with Gasteiger partial charge in [-0.1, -0.05) is 19.0 Å². The van der Waals surface area contributed by atoms with Crippen molar-refractivity contribution >= 4 is 21.8 Å². The molecule has 5 nitrogen and oxygen atoms in total. The van der Waals surface area contributed by atoms with E-state index >= 15 is 0 Å². The second-order valence-electron chi connectivity index (χ2n) is 4.22. The molecular weight excluding hydrogens is 296 g/mol. The number of halogens is 1. The Hall–Kier alpha value is -1.14. The first-order valence-electron chi connectivity index (χ1n) is 5.87. The Morgan fingerprint density at radius 2 is 2.33 bits per heavy atom. The van der Waals surface area contributed by atoms with E-state index in [4.69, 9.17) is 10.9 Å². The number of hydrogen-bond donors (Lipinski definition) is 2. The van der Waals surface area contributed by atoms with Crippen LogP contribution in [0.25, 0.3) is 0 Å². The highest BCUT2D eigenvalue weighted by atomic mass is 79.9. The van der Waals surface area contributed by atoms with E-state index in [1.54, 1.807) is 6.20 Å². The number of pyridine rings is 1. The third kappa shape index (κ3) is 4.62. The smallest absolute Gasteiger partial charge is 0.143 e. The van der Waals surface area contributed by atoms with Gasteiger partial charge in [0.15, 0.2) is 0 Å². The molecular formula is C12H19BrN4O. The first-order chi connectivity index (χ1) is 8.56. The van der Waals surface area contributed by atoms with E-state index in [-0.39, 0.29) is 11.8 Å². The van der Waals surface area contributed by atoms with Crippen LogP contribution in [-0.4, -0.2) is 34.0 Å². The van der Waals surface area contributed by atoms with Crippen molar-refractivity contribution in [2.75, 3.05) is 13.1 Å². The summed E-state index contributed by atoms with van der Waals surface area (Å²) in [4.78, 5) is 6.55. The summed E-state index contributed by atoms with van der Waals surface area (Å²) in [5.41, 5.74) is 6.59. The Kier molecular flexibility index (Phi) is 6.07. The first kappa shape index (κ1) is 14.9. The number of amidine groups is 1. The van der Waals surface area contributed by atoms with Crippen LogP contribution >= 0.6 is 15.9 Å². The molecule has 0 amide bonds. The highest BCUT2D eigenvalue weighted by molar-refractivity contribution is 9.10. The number of nitrogens with zero attached hydrogens (tertiary/aromatic N) is 3. The number of oxime groups is 1. The molecule has 0 bridgehead atoms. The average molecular weight is 315 g/mol. The molecule has 0 saturated heterocycles. The molecule has 0 spiro atoms. The second kappa shape index (κ2) is 7.33. The minimum absolute atomic E-state index is 0.0189. The van der Waals surface area contributed by atoms with Gasteiger partial charge >= 0.3 is 0 Å². The molecule has 100 valence electrons. The fourth-order valence-corrected chi connectivity index (χ4v) is 1.85. The molecule has 1 aromatic rings. The van der Waals surface area contributed by atoms with Gasteiger partial charge in [-0.2, -0.15) is 0 Å². The van der Waals surface area contributed by atoms with Crippen LogP contribution in [0.3, 0.4) is 0 Å². The summed E-state index contributed by atoms with van der Waals surface area (Å²) in [6.07, 6.45) is 1.79. The molecule has 0 fully saturated rings. The molecule has 1 aromatic heterocycles. The summed E-state index contributed by atoms with van der Waals surface area (Å²) in [6, 6.07) is 3.96. The zero-order valence-corrected chi connectivity index (χ0v) is 12.3. The van der Waals surface area contributed by atoms with E-state index in [9.17, 15) is 0 Å². The molecule has 1 atom stereocenters. The van der Waals surface area contributed by atoms with Crippen LogP contribution in [0, 0.1) is 5.92 Å². The maximum Gasteiger partial charge on any atom is 0.143 e. The molecule has 1 unspecified atom stereocenters. The van der Waals surface area contributed by atoms with Gasteiger partial charge in [-0.3, -0.25) is 9.88 Å². The topological polar surface area (TPSA) is 74.7 Å². The van der Waals surface area contributed by atoms with Crippen LogP contribution in [0.5, 0.6) is 0 Å².